The van der Waals surface area contributed by atoms with Crippen LogP contribution in [0.5, 0.6) is 0 Å². The quantitative estimate of drug-likeness (QED) is 0.773. The SMILES string of the molecule is NC(=O)N1CCCN(c2ccccc2)CC1. The standard InChI is InChI=1S/C12H17N3O/c13-12(16)15-8-4-7-14(9-10-15)11-5-2-1-3-6-11/h1-3,5-6H,4,7-10H2,(H2,13,16). The molecule has 0 aromatic heterocycles. The molecule has 4 heteroatoms. The Bertz CT molecular complexity index is 353. The summed E-state index contributed by atoms with van der Waals surface area (Å²) < 4.78 is 0. The first-order chi connectivity index (χ1) is 7.77. The zero-order valence-electron chi connectivity index (χ0n) is 9.30. The summed E-state index contributed by atoms with van der Waals surface area (Å²) in [5.74, 6) is 0. The van der Waals surface area contributed by atoms with Crippen molar-refractivity contribution in [1.29, 1.82) is 0 Å². The highest BCUT2D eigenvalue weighted by Gasteiger charge is 2.16. The molecule has 2 rings (SSSR count). The maximum absolute atomic E-state index is 11.1. The number of hydrogen-bond donors (Lipinski definition) is 1. The van der Waals surface area contributed by atoms with Gasteiger partial charge in [0.1, 0.15) is 0 Å². The summed E-state index contributed by atoms with van der Waals surface area (Å²) >= 11 is 0. The molecule has 1 aliphatic rings. The van der Waals surface area contributed by atoms with Gasteiger partial charge in [-0.15, -0.1) is 0 Å². The first kappa shape index (κ1) is 10.8. The number of benzene rings is 1. The Morgan fingerprint density at radius 3 is 2.50 bits per heavy atom. The summed E-state index contributed by atoms with van der Waals surface area (Å²) in [5, 5.41) is 0. The summed E-state index contributed by atoms with van der Waals surface area (Å²) in [7, 11) is 0. The second kappa shape index (κ2) is 4.88. The minimum atomic E-state index is -0.310. The number of urea groups is 1. The average molecular weight is 219 g/mol. The van der Waals surface area contributed by atoms with E-state index in [0.29, 0.717) is 6.54 Å². The van der Waals surface area contributed by atoms with Gasteiger partial charge in [0.05, 0.1) is 0 Å². The number of hydrogen-bond acceptors (Lipinski definition) is 2. The van der Waals surface area contributed by atoms with Gasteiger partial charge in [0, 0.05) is 31.9 Å². The van der Waals surface area contributed by atoms with E-state index in [0.717, 1.165) is 26.1 Å². The van der Waals surface area contributed by atoms with Crippen molar-refractivity contribution in [2.75, 3.05) is 31.1 Å². The number of rotatable bonds is 1. The van der Waals surface area contributed by atoms with Crippen molar-refractivity contribution in [3.63, 3.8) is 0 Å². The summed E-state index contributed by atoms with van der Waals surface area (Å²) in [4.78, 5) is 15.1. The van der Waals surface area contributed by atoms with Crippen LogP contribution < -0.4 is 10.6 Å². The van der Waals surface area contributed by atoms with Crippen LogP contribution in [-0.2, 0) is 0 Å². The van der Waals surface area contributed by atoms with Gasteiger partial charge in [-0.3, -0.25) is 0 Å². The van der Waals surface area contributed by atoms with Crippen LogP contribution >= 0.6 is 0 Å². The molecular weight excluding hydrogens is 202 g/mol. The zero-order chi connectivity index (χ0) is 11.4. The fourth-order valence-corrected chi connectivity index (χ4v) is 2.03. The number of carbonyl (C=O) groups excluding carboxylic acids is 1. The molecule has 86 valence electrons. The third kappa shape index (κ3) is 2.45. The van der Waals surface area contributed by atoms with E-state index < -0.39 is 0 Å². The molecule has 0 saturated carbocycles. The van der Waals surface area contributed by atoms with Crippen LogP contribution in [0.3, 0.4) is 0 Å². The summed E-state index contributed by atoms with van der Waals surface area (Å²) in [6.07, 6.45) is 0.970. The monoisotopic (exact) mass is 219 g/mol. The lowest BCUT2D eigenvalue weighted by atomic mass is 10.3. The van der Waals surface area contributed by atoms with Crippen LogP contribution in [0.2, 0.25) is 0 Å². The number of para-hydroxylation sites is 1. The Hall–Kier alpha value is -1.71. The van der Waals surface area contributed by atoms with Crippen molar-refractivity contribution in [3.8, 4) is 0 Å². The van der Waals surface area contributed by atoms with Gasteiger partial charge in [-0.1, -0.05) is 18.2 Å². The molecule has 1 fully saturated rings. The van der Waals surface area contributed by atoms with Crippen LogP contribution in [0.25, 0.3) is 0 Å². The molecule has 0 bridgehead atoms. The van der Waals surface area contributed by atoms with Crippen LogP contribution in [0.15, 0.2) is 30.3 Å². The highest BCUT2D eigenvalue weighted by Crippen LogP contribution is 2.15. The van der Waals surface area contributed by atoms with Crippen LogP contribution in [0.1, 0.15) is 6.42 Å². The Labute approximate surface area is 95.6 Å². The number of amides is 2. The van der Waals surface area contributed by atoms with Gasteiger partial charge < -0.3 is 15.5 Å². The van der Waals surface area contributed by atoms with Crippen molar-refractivity contribution >= 4 is 11.7 Å². The van der Waals surface area contributed by atoms with E-state index in [1.165, 1.54) is 5.69 Å². The van der Waals surface area contributed by atoms with Gasteiger partial charge in [-0.05, 0) is 18.6 Å². The smallest absolute Gasteiger partial charge is 0.314 e. The number of carbonyl (C=O) groups is 1. The normalized spacial score (nSPS) is 17.0. The molecule has 0 unspecified atom stereocenters. The van der Waals surface area contributed by atoms with Gasteiger partial charge in [0.2, 0.25) is 0 Å². The molecule has 1 saturated heterocycles. The lowest BCUT2D eigenvalue weighted by molar-refractivity contribution is 0.211. The Balaban J connectivity index is 2.02. The largest absolute Gasteiger partial charge is 0.370 e. The highest BCUT2D eigenvalue weighted by molar-refractivity contribution is 5.72. The van der Waals surface area contributed by atoms with Crippen molar-refractivity contribution < 1.29 is 4.79 Å². The van der Waals surface area contributed by atoms with Crippen molar-refractivity contribution in [1.82, 2.24) is 4.90 Å². The molecule has 1 aromatic carbocycles. The molecule has 0 atom stereocenters. The molecule has 1 heterocycles. The number of nitrogens with two attached hydrogens (primary N) is 1. The first-order valence-electron chi connectivity index (χ1n) is 5.62. The van der Waals surface area contributed by atoms with Gasteiger partial charge in [0.15, 0.2) is 0 Å². The molecule has 2 N–H and O–H groups in total. The average Bonchev–Trinajstić information content (AvgIpc) is 2.55. The molecule has 0 aliphatic carbocycles. The molecule has 16 heavy (non-hydrogen) atoms. The highest BCUT2D eigenvalue weighted by atomic mass is 16.2. The van der Waals surface area contributed by atoms with Crippen LogP contribution in [0.4, 0.5) is 10.5 Å². The lowest BCUT2D eigenvalue weighted by Crippen LogP contribution is -2.38. The molecule has 4 nitrogen and oxygen atoms in total. The van der Waals surface area contributed by atoms with E-state index in [-0.39, 0.29) is 6.03 Å². The number of anilines is 1. The van der Waals surface area contributed by atoms with Gasteiger partial charge in [0.25, 0.3) is 0 Å². The Morgan fingerprint density at radius 2 is 1.81 bits per heavy atom. The van der Waals surface area contributed by atoms with Crippen LogP contribution in [0, 0.1) is 0 Å². The summed E-state index contributed by atoms with van der Waals surface area (Å²) in [6.45, 7) is 3.31. The predicted molar refractivity (Wildman–Crippen MR) is 64.4 cm³/mol. The minimum Gasteiger partial charge on any atom is -0.370 e. The predicted octanol–water partition coefficient (Wildman–Crippen LogP) is 1.28. The lowest BCUT2D eigenvalue weighted by Gasteiger charge is -2.22. The molecule has 0 radical (unpaired) electrons. The van der Waals surface area contributed by atoms with E-state index in [1.54, 1.807) is 4.90 Å². The zero-order valence-corrected chi connectivity index (χ0v) is 9.30. The number of primary amides is 1. The molecule has 0 spiro atoms. The third-order valence-electron chi connectivity index (χ3n) is 2.93. The van der Waals surface area contributed by atoms with E-state index in [4.69, 9.17) is 5.73 Å². The first-order valence-corrected chi connectivity index (χ1v) is 5.62. The molecule has 1 aliphatic heterocycles. The van der Waals surface area contributed by atoms with E-state index in [9.17, 15) is 4.79 Å². The summed E-state index contributed by atoms with van der Waals surface area (Å²) in [6, 6.07) is 9.96. The van der Waals surface area contributed by atoms with Crippen molar-refractivity contribution in [2.45, 2.75) is 6.42 Å². The molecule has 2 amide bonds. The topological polar surface area (TPSA) is 49.6 Å². The van der Waals surface area contributed by atoms with Gasteiger partial charge >= 0.3 is 6.03 Å². The molecule has 1 aromatic rings. The number of nitrogens with zero attached hydrogens (tertiary/aromatic N) is 2. The Kier molecular flexibility index (Phi) is 3.29. The fraction of sp³-hybridized carbons (Fsp3) is 0.417. The van der Waals surface area contributed by atoms with Gasteiger partial charge in [-0.25, -0.2) is 4.79 Å². The second-order valence-electron chi connectivity index (χ2n) is 4.00. The maximum atomic E-state index is 11.1. The molecular formula is C12H17N3O. The maximum Gasteiger partial charge on any atom is 0.314 e. The van der Waals surface area contributed by atoms with Gasteiger partial charge in [-0.2, -0.15) is 0 Å². The third-order valence-corrected chi connectivity index (χ3v) is 2.93. The van der Waals surface area contributed by atoms with Crippen LogP contribution in [-0.4, -0.2) is 37.1 Å². The van der Waals surface area contributed by atoms with E-state index >= 15 is 0 Å². The minimum absolute atomic E-state index is 0.310. The second-order valence-corrected chi connectivity index (χ2v) is 4.00. The van der Waals surface area contributed by atoms with Crippen molar-refractivity contribution in [2.24, 2.45) is 5.73 Å². The summed E-state index contributed by atoms with van der Waals surface area (Å²) in [5.41, 5.74) is 6.51. The fourth-order valence-electron chi connectivity index (χ4n) is 2.03. The Morgan fingerprint density at radius 1 is 1.06 bits per heavy atom. The van der Waals surface area contributed by atoms with E-state index in [1.807, 2.05) is 18.2 Å². The van der Waals surface area contributed by atoms with E-state index in [2.05, 4.69) is 17.0 Å². The van der Waals surface area contributed by atoms with Crippen molar-refractivity contribution in [3.05, 3.63) is 30.3 Å².